The summed E-state index contributed by atoms with van der Waals surface area (Å²) in [6.07, 6.45) is 11.6. The summed E-state index contributed by atoms with van der Waals surface area (Å²) in [5.74, 6) is 0. The van der Waals surface area contributed by atoms with Gasteiger partial charge in [0.05, 0.1) is 24.3 Å². The molecule has 0 aromatic carbocycles. The number of rotatable bonds is 8. The van der Waals surface area contributed by atoms with Gasteiger partial charge in [-0.25, -0.2) is 0 Å². The number of nitriles is 4. The molecule has 0 aliphatic carbocycles. The van der Waals surface area contributed by atoms with E-state index in [0.29, 0.717) is 0 Å². The molecule has 6 nitrogen and oxygen atoms in total. The van der Waals surface area contributed by atoms with Gasteiger partial charge in [0.2, 0.25) is 0 Å². The molecular weight excluding hydrogens is 536 g/mol. The van der Waals surface area contributed by atoms with Gasteiger partial charge in [-0.15, -0.1) is 0 Å². The summed E-state index contributed by atoms with van der Waals surface area (Å²) in [5.41, 5.74) is 0. The quantitative estimate of drug-likeness (QED) is 0.328. The van der Waals surface area contributed by atoms with Crippen molar-refractivity contribution in [2.24, 2.45) is 0 Å². The summed E-state index contributed by atoms with van der Waals surface area (Å²) in [7, 11) is 0. The van der Waals surface area contributed by atoms with E-state index in [9.17, 15) is 0 Å². The van der Waals surface area contributed by atoms with Crippen LogP contribution in [-0.4, -0.2) is 13.6 Å². The van der Waals surface area contributed by atoms with Gasteiger partial charge in [0, 0.05) is 46.7 Å². The van der Waals surface area contributed by atoms with Crippen molar-refractivity contribution in [2.45, 2.75) is 105 Å². The third kappa shape index (κ3) is 150. The predicted molar refractivity (Wildman–Crippen MR) is 112 cm³/mol. The molecule has 7 heteroatoms. The van der Waals surface area contributed by atoms with Gasteiger partial charge in [-0.3, -0.25) is 9.59 Å². The van der Waals surface area contributed by atoms with Crippen LogP contribution in [0.4, 0.5) is 0 Å². The van der Waals surface area contributed by atoms with E-state index < -0.39 is 0 Å². The molecule has 0 aromatic rings. The predicted octanol–water partition coefficient (Wildman–Crippen LogP) is 6.00. The van der Waals surface area contributed by atoms with Crippen LogP contribution in [0.2, 0.25) is 0 Å². The van der Waals surface area contributed by atoms with E-state index >= 15 is 0 Å². The van der Waals surface area contributed by atoms with E-state index in [1.165, 1.54) is 0 Å². The minimum Gasteiger partial charge on any atom is -0.281 e. The Morgan fingerprint density at radius 3 is 0.655 bits per heavy atom. The number of hydrogen-bond acceptors (Lipinski definition) is 6. The first-order chi connectivity index (χ1) is 13.7. The first-order valence-electron chi connectivity index (χ1n) is 9.55. The molecule has 29 heavy (non-hydrogen) atoms. The van der Waals surface area contributed by atoms with Crippen LogP contribution in [0.15, 0.2) is 0 Å². The largest absolute Gasteiger partial charge is 0.281 e. The molecule has 0 saturated heterocycles. The molecule has 162 valence electrons. The Hall–Kier alpha value is -2.01. The summed E-state index contributed by atoms with van der Waals surface area (Å²) in [6, 6.07) is 8.27. The molecule has 0 amide bonds. The maximum atomic E-state index is 7.95. The first kappa shape index (κ1) is 45.6. The zero-order valence-electron chi connectivity index (χ0n) is 18.5. The van der Waals surface area contributed by atoms with Gasteiger partial charge < -0.3 is 0 Å². The Morgan fingerprint density at radius 2 is 0.621 bits per heavy atom. The average Bonchev–Trinajstić information content (AvgIpc) is 2.77. The van der Waals surface area contributed by atoms with Gasteiger partial charge >= 0.3 is 0 Å². The molecule has 0 unspecified atom stereocenters. The Bertz CT molecular complexity index is 320. The summed E-state index contributed by atoms with van der Waals surface area (Å²) in [4.78, 5) is 15.0. The van der Waals surface area contributed by atoms with E-state index in [1.54, 1.807) is 0 Å². The molecule has 0 fully saturated rings. The van der Waals surface area contributed by atoms with Gasteiger partial charge in [-0.05, 0) is 25.7 Å². The molecule has 0 aliphatic rings. The summed E-state index contributed by atoms with van der Waals surface area (Å²) in [5, 5.41) is 31.8. The van der Waals surface area contributed by atoms with Crippen LogP contribution >= 0.6 is 0 Å². The fraction of sp³-hybridized carbons (Fsp3) is 0.727. The van der Waals surface area contributed by atoms with Crippen molar-refractivity contribution in [3.63, 3.8) is 0 Å². The van der Waals surface area contributed by atoms with Gasteiger partial charge in [0.15, 0.2) is 0 Å². The third-order valence-corrected chi connectivity index (χ3v) is 2.57. The minimum absolute atomic E-state index is 0. The number of unbranched alkanes of at least 4 members (excludes halogenated alkanes) is 8. The minimum atomic E-state index is 0. The fourth-order valence-corrected chi connectivity index (χ4v) is 1.02. The SMILES string of the molecule is CCCCC#N.CCCCC#N.CCCCC#N.CCCCC#N.[C]=O.[C]=O.[W]. The van der Waals surface area contributed by atoms with Gasteiger partial charge in [0.25, 0.3) is 13.6 Å². The third-order valence-electron chi connectivity index (χ3n) is 2.57. The van der Waals surface area contributed by atoms with Crippen LogP contribution < -0.4 is 0 Å². The first-order valence-corrected chi connectivity index (χ1v) is 9.55. The van der Waals surface area contributed by atoms with Crippen molar-refractivity contribution in [1.82, 2.24) is 0 Å². The molecule has 0 heterocycles. The van der Waals surface area contributed by atoms with Crippen molar-refractivity contribution in [2.75, 3.05) is 0 Å². The topological polar surface area (TPSA) is 129 Å². The molecule has 0 aromatic heterocycles. The van der Waals surface area contributed by atoms with E-state index in [4.69, 9.17) is 30.6 Å². The van der Waals surface area contributed by atoms with Crippen molar-refractivity contribution in [1.29, 1.82) is 21.0 Å². The molecule has 0 aliphatic heterocycles. The summed E-state index contributed by atoms with van der Waals surface area (Å²) in [6.45, 7) is 17.3. The fourth-order valence-electron chi connectivity index (χ4n) is 1.02. The van der Waals surface area contributed by atoms with Crippen LogP contribution in [0.5, 0.6) is 0 Å². The Morgan fingerprint density at radius 1 is 0.483 bits per heavy atom. The molecular formula is C22H36N4O2W. The summed E-state index contributed by atoms with van der Waals surface area (Å²) < 4.78 is 0. The van der Waals surface area contributed by atoms with E-state index in [-0.39, 0.29) is 21.1 Å². The van der Waals surface area contributed by atoms with Crippen LogP contribution in [0, 0.1) is 45.3 Å². The normalized spacial score (nSPS) is 6.34. The van der Waals surface area contributed by atoms with Crippen molar-refractivity contribution in [3.8, 4) is 24.3 Å². The summed E-state index contributed by atoms with van der Waals surface area (Å²) >= 11 is 0. The molecule has 0 N–H and O–H groups in total. The molecule has 0 rings (SSSR count). The van der Waals surface area contributed by atoms with Gasteiger partial charge in [0.1, 0.15) is 0 Å². The van der Waals surface area contributed by atoms with Crippen molar-refractivity contribution < 1.29 is 30.7 Å². The smallest absolute Gasteiger partial charge is 0.281 e. The standard InChI is InChI=1S/4C5H9N.2CO.W/c4*1-2-3-4-5-6;2*1-2;/h4*2-4H2,1H3;;;. The number of nitrogens with zero attached hydrogens (tertiary/aromatic N) is 4. The molecule has 0 atom stereocenters. The van der Waals surface area contributed by atoms with E-state index in [1.807, 2.05) is 0 Å². The molecule has 0 saturated carbocycles. The van der Waals surface area contributed by atoms with Crippen LogP contribution in [0.25, 0.3) is 0 Å². The van der Waals surface area contributed by atoms with E-state index in [2.05, 4.69) is 65.5 Å². The Labute approximate surface area is 194 Å². The second-order valence-corrected chi connectivity index (χ2v) is 5.05. The number of carbonyl (C=O) groups excluding carboxylic acids is 2. The van der Waals surface area contributed by atoms with Crippen LogP contribution in [-0.2, 0) is 30.7 Å². The van der Waals surface area contributed by atoms with Gasteiger partial charge in [-0.1, -0.05) is 53.4 Å². The second kappa shape index (κ2) is 82.9. The molecule has 0 bridgehead atoms. The average molecular weight is 572 g/mol. The maximum absolute atomic E-state index is 7.95. The second-order valence-electron chi connectivity index (χ2n) is 5.05. The van der Waals surface area contributed by atoms with Crippen molar-refractivity contribution >= 4 is 13.6 Å². The van der Waals surface area contributed by atoms with Crippen LogP contribution in [0.3, 0.4) is 0 Å². The van der Waals surface area contributed by atoms with E-state index in [0.717, 1.165) is 77.0 Å². The van der Waals surface area contributed by atoms with Gasteiger partial charge in [-0.2, -0.15) is 21.0 Å². The monoisotopic (exact) mass is 572 g/mol. The molecule has 0 spiro atoms. The van der Waals surface area contributed by atoms with Crippen molar-refractivity contribution in [3.05, 3.63) is 0 Å². The zero-order chi connectivity index (χ0) is 23.3. The Balaban J connectivity index is -0.0000000415. The maximum Gasteiger partial charge on any atom is 0.281 e. The zero-order valence-corrected chi connectivity index (χ0v) is 21.4. The van der Waals surface area contributed by atoms with Crippen LogP contribution in [0.1, 0.15) is 105 Å². The molecule has 4 radical (unpaired) electrons. The number of hydrogen-bond donors (Lipinski definition) is 0. The Kier molecular flexibility index (Phi) is 130.